The minimum atomic E-state index is -5.08. The number of hydrogen-bond donors (Lipinski definition) is 2. The molecule has 3 rings (SSSR count). The molecule has 37 heavy (non-hydrogen) atoms. The summed E-state index contributed by atoms with van der Waals surface area (Å²) in [6.07, 6.45) is -5.08. The molecular weight excluding hydrogens is 559 g/mol. The lowest BCUT2D eigenvalue weighted by molar-refractivity contribution is -0.192. The predicted octanol–water partition coefficient (Wildman–Crippen LogP) is 2.71. The van der Waals surface area contributed by atoms with Gasteiger partial charge in [-0.05, 0) is 30.7 Å². The molecule has 0 radical (unpaired) electrons. The number of aryl methyl sites for hydroxylation is 1. The van der Waals surface area contributed by atoms with Crippen molar-refractivity contribution in [2.24, 2.45) is 0 Å². The molecule has 2 aromatic carbocycles. The lowest BCUT2D eigenvalue weighted by Crippen LogP contribution is -2.48. The van der Waals surface area contributed by atoms with Gasteiger partial charge in [0.15, 0.2) is 0 Å². The van der Waals surface area contributed by atoms with Crippen LogP contribution in [0.3, 0.4) is 0 Å². The van der Waals surface area contributed by atoms with Gasteiger partial charge in [-0.1, -0.05) is 47.5 Å². The van der Waals surface area contributed by atoms with Crippen molar-refractivity contribution in [2.45, 2.75) is 24.5 Å². The lowest BCUT2D eigenvalue weighted by Gasteiger charge is -2.28. The van der Waals surface area contributed by atoms with E-state index in [0.717, 1.165) is 5.56 Å². The Bertz CT molecular complexity index is 1270. The minimum absolute atomic E-state index is 0.00699. The number of carbonyl (C=O) groups is 1. The molecule has 1 fully saturated rings. The molecule has 0 aliphatic carbocycles. The van der Waals surface area contributed by atoms with Crippen molar-refractivity contribution < 1.29 is 39.9 Å². The summed E-state index contributed by atoms with van der Waals surface area (Å²) >= 11 is 6.24. The van der Waals surface area contributed by atoms with Crippen LogP contribution in [0.5, 0.6) is 0 Å². The topological polar surface area (TPSA) is 124 Å². The van der Waals surface area contributed by atoms with Crippen molar-refractivity contribution in [1.82, 2.24) is 13.9 Å². The second-order valence-electron chi connectivity index (χ2n) is 8.01. The van der Waals surface area contributed by atoms with Gasteiger partial charge in [0.05, 0.1) is 10.6 Å². The van der Waals surface area contributed by atoms with Crippen LogP contribution >= 0.6 is 11.6 Å². The van der Waals surface area contributed by atoms with Gasteiger partial charge in [0, 0.05) is 44.3 Å². The molecule has 0 saturated carbocycles. The predicted molar refractivity (Wildman–Crippen MR) is 132 cm³/mol. The van der Waals surface area contributed by atoms with Crippen LogP contribution in [0.25, 0.3) is 0 Å². The maximum atomic E-state index is 13.3. The molecule has 1 aliphatic rings. The van der Waals surface area contributed by atoms with Gasteiger partial charge < -0.3 is 10.4 Å². The zero-order chi connectivity index (χ0) is 27.9. The van der Waals surface area contributed by atoms with E-state index in [4.69, 9.17) is 21.5 Å². The van der Waals surface area contributed by atoms with Crippen LogP contribution in [0.15, 0.2) is 53.4 Å². The highest BCUT2D eigenvalue weighted by Gasteiger charge is 2.38. The number of piperazine rings is 1. The molecule has 0 atom stereocenters. The zero-order valence-corrected chi connectivity index (χ0v) is 22.2. The number of rotatable bonds is 8. The SMILES string of the molecule is Cc1ccc(S(=O)(=O)N(CCS(=O)(=O)N2CCNCC2)Cc2ccccc2Cl)cc1.O=C(O)C(F)(F)F. The maximum absolute atomic E-state index is 13.3. The summed E-state index contributed by atoms with van der Waals surface area (Å²) < 4.78 is 86.5. The van der Waals surface area contributed by atoms with Crippen LogP contribution in [0.1, 0.15) is 11.1 Å². The molecule has 15 heteroatoms. The fourth-order valence-corrected chi connectivity index (χ4v) is 6.41. The normalized spacial score (nSPS) is 15.2. The van der Waals surface area contributed by atoms with Crippen LogP contribution in [-0.2, 0) is 31.4 Å². The van der Waals surface area contributed by atoms with E-state index in [0.29, 0.717) is 36.8 Å². The van der Waals surface area contributed by atoms with Crippen LogP contribution in [0, 0.1) is 6.92 Å². The summed E-state index contributed by atoms with van der Waals surface area (Å²) in [5.41, 5.74) is 1.56. The number of carboxylic acid groups (broad SMARTS) is 1. The quantitative estimate of drug-likeness (QED) is 0.488. The zero-order valence-electron chi connectivity index (χ0n) is 19.8. The van der Waals surface area contributed by atoms with Crippen LogP contribution in [-0.4, -0.2) is 81.2 Å². The molecule has 0 amide bonds. The number of halogens is 4. The van der Waals surface area contributed by atoms with Gasteiger partial charge in [-0.25, -0.2) is 21.6 Å². The number of hydrogen-bond acceptors (Lipinski definition) is 6. The molecule has 0 aromatic heterocycles. The molecule has 0 spiro atoms. The highest BCUT2D eigenvalue weighted by atomic mass is 35.5. The van der Waals surface area contributed by atoms with Crippen molar-refractivity contribution >= 4 is 37.6 Å². The Labute approximate surface area is 218 Å². The van der Waals surface area contributed by atoms with E-state index in [9.17, 15) is 30.0 Å². The maximum Gasteiger partial charge on any atom is 0.490 e. The molecule has 1 saturated heterocycles. The first-order valence-electron chi connectivity index (χ1n) is 10.9. The fourth-order valence-electron chi connectivity index (χ4n) is 3.23. The summed E-state index contributed by atoms with van der Waals surface area (Å²) in [7, 11) is -7.48. The number of nitrogens with zero attached hydrogens (tertiary/aromatic N) is 2. The second-order valence-corrected chi connectivity index (χ2v) is 12.4. The van der Waals surface area contributed by atoms with Crippen LogP contribution < -0.4 is 5.32 Å². The van der Waals surface area contributed by atoms with E-state index >= 15 is 0 Å². The Kier molecular flexibility index (Phi) is 10.9. The van der Waals surface area contributed by atoms with E-state index in [-0.39, 0.29) is 23.7 Å². The van der Waals surface area contributed by atoms with Gasteiger partial charge >= 0.3 is 12.1 Å². The Morgan fingerprint density at radius 1 is 1.05 bits per heavy atom. The average Bonchev–Trinajstić information content (AvgIpc) is 2.83. The van der Waals surface area contributed by atoms with Crippen molar-refractivity contribution in [3.05, 3.63) is 64.7 Å². The van der Waals surface area contributed by atoms with E-state index in [1.165, 1.54) is 20.7 Å². The van der Waals surface area contributed by atoms with Gasteiger partial charge in [-0.3, -0.25) is 0 Å². The lowest BCUT2D eigenvalue weighted by atomic mass is 10.2. The first-order valence-corrected chi connectivity index (χ1v) is 14.4. The first-order chi connectivity index (χ1) is 17.1. The summed E-state index contributed by atoms with van der Waals surface area (Å²) in [5.74, 6) is -3.05. The third-order valence-electron chi connectivity index (χ3n) is 5.27. The Morgan fingerprint density at radius 2 is 1.59 bits per heavy atom. The third-order valence-corrected chi connectivity index (χ3v) is 9.35. The third kappa shape index (κ3) is 9.23. The largest absolute Gasteiger partial charge is 0.490 e. The first kappa shape index (κ1) is 31.0. The molecule has 0 unspecified atom stereocenters. The molecule has 9 nitrogen and oxygen atoms in total. The van der Waals surface area contributed by atoms with Gasteiger partial charge in [-0.15, -0.1) is 0 Å². The molecule has 1 aliphatic heterocycles. The minimum Gasteiger partial charge on any atom is -0.475 e. The molecular formula is C22H27ClF3N3O6S2. The number of nitrogens with one attached hydrogen (secondary N) is 1. The summed E-state index contributed by atoms with van der Waals surface area (Å²) in [6, 6.07) is 13.5. The molecule has 0 bridgehead atoms. The van der Waals surface area contributed by atoms with Gasteiger partial charge in [-0.2, -0.15) is 21.8 Å². The fraction of sp³-hybridized carbons (Fsp3) is 0.409. The van der Waals surface area contributed by atoms with Crippen LogP contribution in [0.4, 0.5) is 13.2 Å². The summed E-state index contributed by atoms with van der Waals surface area (Å²) in [4.78, 5) is 9.02. The highest BCUT2D eigenvalue weighted by molar-refractivity contribution is 7.90. The van der Waals surface area contributed by atoms with Crippen LogP contribution in [0.2, 0.25) is 5.02 Å². The molecule has 2 aromatic rings. The Balaban J connectivity index is 0.000000604. The van der Waals surface area contributed by atoms with E-state index < -0.39 is 32.2 Å². The van der Waals surface area contributed by atoms with Crippen molar-refractivity contribution in [3.63, 3.8) is 0 Å². The van der Waals surface area contributed by atoms with E-state index in [1.807, 2.05) is 6.92 Å². The number of alkyl halides is 3. The van der Waals surface area contributed by atoms with Crippen molar-refractivity contribution in [2.75, 3.05) is 38.5 Å². The van der Waals surface area contributed by atoms with Gasteiger partial charge in [0.2, 0.25) is 20.0 Å². The highest BCUT2D eigenvalue weighted by Crippen LogP contribution is 2.23. The summed E-state index contributed by atoms with van der Waals surface area (Å²) in [6.45, 7) is 3.65. The number of benzene rings is 2. The average molecular weight is 586 g/mol. The number of carboxylic acids is 1. The molecule has 1 heterocycles. The monoisotopic (exact) mass is 585 g/mol. The van der Waals surface area contributed by atoms with E-state index in [2.05, 4.69) is 5.32 Å². The van der Waals surface area contributed by atoms with Crippen molar-refractivity contribution in [1.29, 1.82) is 0 Å². The van der Waals surface area contributed by atoms with Gasteiger partial charge in [0.25, 0.3) is 0 Å². The number of sulfonamides is 2. The smallest absolute Gasteiger partial charge is 0.475 e. The Morgan fingerprint density at radius 3 is 2.11 bits per heavy atom. The Hall–Kier alpha value is -2.23. The number of aliphatic carboxylic acids is 1. The van der Waals surface area contributed by atoms with Crippen molar-refractivity contribution in [3.8, 4) is 0 Å². The molecule has 206 valence electrons. The molecule has 2 N–H and O–H groups in total. The van der Waals surface area contributed by atoms with Gasteiger partial charge in [0.1, 0.15) is 0 Å². The van der Waals surface area contributed by atoms with E-state index in [1.54, 1.807) is 36.4 Å². The second kappa shape index (κ2) is 13.0. The standard InChI is InChI=1S/C20H26ClN3O4S2.C2HF3O2/c1-17-6-8-19(9-7-17)30(27,28)24(16-18-4-2-3-5-20(18)21)14-15-29(25,26)23-12-10-22-11-13-23;3-2(4,5)1(6)7/h2-9,22H,10-16H2,1H3;(H,6,7). The summed E-state index contributed by atoms with van der Waals surface area (Å²) in [5, 5.41) is 10.7.